The van der Waals surface area contributed by atoms with Crippen molar-refractivity contribution in [1.82, 2.24) is 23.3 Å². The van der Waals surface area contributed by atoms with Crippen molar-refractivity contribution < 1.29 is 30.4 Å². The summed E-state index contributed by atoms with van der Waals surface area (Å²) < 4.78 is 18.8. The molecule has 0 saturated carbocycles. The van der Waals surface area contributed by atoms with Crippen LogP contribution in [-0.2, 0) is 37.3 Å². The van der Waals surface area contributed by atoms with Gasteiger partial charge in [0.2, 0.25) is 0 Å². The van der Waals surface area contributed by atoms with Crippen LogP contribution in [0.1, 0.15) is 78.0 Å². The second kappa shape index (κ2) is 20.5. The van der Waals surface area contributed by atoms with Crippen LogP contribution in [0.15, 0.2) is 237 Å². The van der Waals surface area contributed by atoms with Crippen LogP contribution < -0.4 is 9.30 Å². The maximum absolute atomic E-state index is 7.01. The van der Waals surface area contributed by atoms with Gasteiger partial charge in [0.25, 0.3) is 6.33 Å². The van der Waals surface area contributed by atoms with Crippen molar-refractivity contribution in [2.75, 3.05) is 0 Å². The first kappa shape index (κ1) is 56.0. The van der Waals surface area contributed by atoms with Crippen LogP contribution >= 0.6 is 0 Å². The average molecular weight is 1370 g/mol. The van der Waals surface area contributed by atoms with Gasteiger partial charge in [-0.25, -0.2) is 4.98 Å². The zero-order valence-corrected chi connectivity index (χ0v) is 54.6. The molecule has 16 aromatic rings. The molecule has 0 amide bonds. The molecule has 0 fully saturated rings. The normalized spacial score (nSPS) is 14.0. The van der Waals surface area contributed by atoms with Crippen LogP contribution in [0.5, 0.6) is 11.5 Å². The summed E-state index contributed by atoms with van der Waals surface area (Å²) in [5.41, 5.74) is 23.1. The molecule has 7 nitrogen and oxygen atoms in total. The van der Waals surface area contributed by atoms with E-state index in [9.17, 15) is 0 Å². The fourth-order valence-corrected chi connectivity index (χ4v) is 15.4. The van der Waals surface area contributed by atoms with Gasteiger partial charge in [0.1, 0.15) is 5.82 Å². The van der Waals surface area contributed by atoms with Crippen LogP contribution in [0, 0.1) is 18.5 Å². The van der Waals surface area contributed by atoms with Gasteiger partial charge in [-0.15, -0.1) is 29.7 Å². The molecule has 0 atom stereocenters. The molecular weight excluding hydrogens is 1300 g/mol. The molecule has 0 saturated heterocycles. The number of fused-ring (bicyclic) bond motifs is 17. The fourth-order valence-electron chi connectivity index (χ4n) is 15.4. The largest absolute Gasteiger partial charge is 0.510 e. The summed E-state index contributed by atoms with van der Waals surface area (Å²) in [6.07, 6.45) is 8.30. The summed E-state index contributed by atoms with van der Waals surface area (Å²) in [7, 11) is 0. The summed E-state index contributed by atoms with van der Waals surface area (Å²) in [6, 6.07) is 92.1. The van der Waals surface area contributed by atoms with E-state index in [-0.39, 0.29) is 37.3 Å². The molecule has 8 heteroatoms. The van der Waals surface area contributed by atoms with Crippen molar-refractivity contribution >= 4 is 76.5 Å². The third-order valence-corrected chi connectivity index (χ3v) is 20.0. The van der Waals surface area contributed by atoms with Gasteiger partial charge < -0.3 is 23.0 Å². The monoisotopic (exact) mass is 1370 g/mol. The van der Waals surface area contributed by atoms with Gasteiger partial charge in [0.05, 0.1) is 44.5 Å². The van der Waals surface area contributed by atoms with E-state index in [0.29, 0.717) is 11.5 Å². The van der Waals surface area contributed by atoms with Crippen molar-refractivity contribution in [2.24, 2.45) is 0 Å². The van der Waals surface area contributed by atoms with Crippen LogP contribution in [0.3, 0.4) is 0 Å². The molecule has 2 aliphatic rings. The standard InChI is InChI=1S/C84H64N6O.Pt/c1-82(2,3)52-40-43-85-79(44-52)90-75-36-19-14-30-63(75)64-39-38-56(48-77(64)90)91-55-23-20-22-53(45-55)86-51-87-80-65(31-21-37-76(80)89-73-34-17-12-28-61(73)62-29-13-18-35-74(62)89)67-50-70-69(83(4,5)41-42-84(70,6)7)49-66(67)57-24-8-9-25-58(57)68-46-54(47-78(86)81(68)87)88-71-32-15-10-26-59(71)60-27-11-16-33-72(60)88;/h8-40,43-44,46-47,49-50H,41-42H2,1-7H3;/q-2;. The van der Waals surface area contributed by atoms with Gasteiger partial charge in [-0.05, 0) is 157 Å². The van der Waals surface area contributed by atoms with Crippen LogP contribution in [0.25, 0.3) is 138 Å². The van der Waals surface area contributed by atoms with Crippen molar-refractivity contribution in [3.05, 3.63) is 272 Å². The third kappa shape index (κ3) is 8.37. The minimum absolute atomic E-state index is 0. The summed E-state index contributed by atoms with van der Waals surface area (Å²) in [4.78, 5) is 4.96. The molecule has 0 N–H and O–H groups in total. The average Bonchev–Trinajstić information content (AvgIpc) is 1.48. The maximum atomic E-state index is 7.01. The van der Waals surface area contributed by atoms with Crippen molar-refractivity contribution in [3.8, 4) is 73.4 Å². The van der Waals surface area contributed by atoms with E-state index in [2.05, 4.69) is 308 Å². The van der Waals surface area contributed by atoms with E-state index in [0.717, 1.165) is 113 Å². The molecule has 18 rings (SSSR count). The Labute approximate surface area is 549 Å². The van der Waals surface area contributed by atoms with E-state index in [1.54, 1.807) is 0 Å². The molecule has 448 valence electrons. The van der Waals surface area contributed by atoms with Crippen molar-refractivity contribution in [1.29, 1.82) is 0 Å². The quantitative estimate of drug-likeness (QED) is 0.123. The number of ether oxygens (including phenoxy) is 1. The summed E-state index contributed by atoms with van der Waals surface area (Å²) >= 11 is 0. The fraction of sp³-hybridized carbons (Fsp3) is 0.143. The van der Waals surface area contributed by atoms with Crippen LogP contribution in [0.4, 0.5) is 0 Å². The molecule has 0 spiro atoms. The SMILES string of the molecule is CC(C)(C)c1ccnc(-n2c3[c-]c(Oc4[c-]c(-n5[c-][n+]6c7c(cc(-n8c9ccccc9c9ccccc98)cc75)-c5ccccc5-c5cc7c(cc5-c5cccc(-n8c9ccccc9c9ccccc98)c5-6)C(C)(C)CCC7(C)C)ccc4)ccc3c3ccccc32)c1.[Pt]. The van der Waals surface area contributed by atoms with E-state index in [4.69, 9.17) is 9.72 Å². The molecule has 11 aromatic carbocycles. The maximum Gasteiger partial charge on any atom is 0.268 e. The Bertz CT molecular complexity index is 5660. The topological polar surface area (TPSA) is 45.7 Å². The Morgan fingerprint density at radius 3 is 1.57 bits per heavy atom. The Morgan fingerprint density at radius 2 is 0.957 bits per heavy atom. The molecule has 5 aromatic heterocycles. The Hall–Kier alpha value is -10.1. The molecule has 0 unspecified atom stereocenters. The number of rotatable bonds is 6. The van der Waals surface area contributed by atoms with Gasteiger partial charge in [0.15, 0.2) is 0 Å². The van der Waals surface area contributed by atoms with Crippen LogP contribution in [0.2, 0.25) is 0 Å². The summed E-state index contributed by atoms with van der Waals surface area (Å²) in [5, 5.41) is 7.00. The molecular formula is C84H64N6OPt-2. The van der Waals surface area contributed by atoms with Gasteiger partial charge >= 0.3 is 0 Å². The first-order chi connectivity index (χ1) is 44.3. The number of para-hydroxylation sites is 6. The third-order valence-electron chi connectivity index (χ3n) is 20.0. The Morgan fingerprint density at radius 1 is 0.446 bits per heavy atom. The molecule has 0 radical (unpaired) electrons. The number of aromatic nitrogens is 6. The van der Waals surface area contributed by atoms with E-state index in [1.165, 1.54) is 54.9 Å². The predicted molar refractivity (Wildman–Crippen MR) is 372 cm³/mol. The molecule has 1 aliphatic carbocycles. The number of pyridine rings is 1. The van der Waals surface area contributed by atoms with Gasteiger partial charge in [-0.1, -0.05) is 187 Å². The van der Waals surface area contributed by atoms with E-state index >= 15 is 0 Å². The minimum Gasteiger partial charge on any atom is -0.510 e. The number of hydrogen-bond donors (Lipinski definition) is 0. The number of benzene rings is 11. The number of nitrogens with zero attached hydrogens (tertiary/aromatic N) is 6. The molecule has 1 aliphatic heterocycles. The number of hydrogen-bond acceptors (Lipinski definition) is 2. The Balaban J connectivity index is 0.00000648. The first-order valence-electron chi connectivity index (χ1n) is 31.8. The summed E-state index contributed by atoms with van der Waals surface area (Å²) in [5.74, 6) is 1.95. The minimum atomic E-state index is -0.0662. The smallest absolute Gasteiger partial charge is 0.268 e. The van der Waals surface area contributed by atoms with E-state index < -0.39 is 0 Å². The Kier molecular flexibility index (Phi) is 12.4. The molecule has 92 heavy (non-hydrogen) atoms. The van der Waals surface area contributed by atoms with Crippen LogP contribution in [-0.4, -0.2) is 23.3 Å². The van der Waals surface area contributed by atoms with Gasteiger partial charge in [-0.3, -0.25) is 4.57 Å². The predicted octanol–water partition coefficient (Wildman–Crippen LogP) is 20.7. The van der Waals surface area contributed by atoms with Crippen molar-refractivity contribution in [3.63, 3.8) is 0 Å². The molecule has 6 heterocycles. The van der Waals surface area contributed by atoms with Gasteiger partial charge in [0, 0.05) is 71.5 Å². The zero-order chi connectivity index (χ0) is 61.2. The van der Waals surface area contributed by atoms with E-state index in [1.807, 2.05) is 18.3 Å². The van der Waals surface area contributed by atoms with Crippen molar-refractivity contribution in [2.45, 2.75) is 77.6 Å². The first-order valence-corrected chi connectivity index (χ1v) is 31.8. The summed E-state index contributed by atoms with van der Waals surface area (Å²) in [6.45, 7) is 16.5. The molecule has 0 bridgehead atoms. The number of imidazole rings is 1. The van der Waals surface area contributed by atoms with Gasteiger partial charge in [-0.2, -0.15) is 18.2 Å². The second-order valence-corrected chi connectivity index (χ2v) is 27.4. The second-order valence-electron chi connectivity index (χ2n) is 27.4. The zero-order valence-electron chi connectivity index (χ0n) is 52.3.